The van der Waals surface area contributed by atoms with Gasteiger partial charge < -0.3 is 24.3 Å². The zero-order chi connectivity index (χ0) is 32.0. The Morgan fingerprint density at radius 1 is 1.14 bits per heavy atom. The third-order valence-corrected chi connectivity index (χ3v) is 9.63. The predicted octanol–water partition coefficient (Wildman–Crippen LogP) is 4.33. The number of nitrogens with zero attached hydrogens (tertiary/aromatic N) is 3. The molecule has 2 aliphatic rings. The van der Waals surface area contributed by atoms with Crippen LogP contribution in [0.3, 0.4) is 0 Å². The topological polar surface area (TPSA) is 129 Å². The Kier molecular flexibility index (Phi) is 8.64. The van der Waals surface area contributed by atoms with Crippen molar-refractivity contribution in [2.24, 2.45) is 0 Å². The minimum atomic E-state index is -4.25. The van der Waals surface area contributed by atoms with Gasteiger partial charge in [-0.2, -0.15) is 9.04 Å². The summed E-state index contributed by atoms with van der Waals surface area (Å²) < 4.78 is 71.0. The van der Waals surface area contributed by atoms with E-state index in [4.69, 9.17) is 27.9 Å². The van der Waals surface area contributed by atoms with Crippen LogP contribution in [0.2, 0.25) is 10.0 Å². The zero-order valence-electron chi connectivity index (χ0n) is 23.2. The molecule has 0 radical (unpaired) electrons. The summed E-state index contributed by atoms with van der Waals surface area (Å²) in [4.78, 5) is 27.2. The van der Waals surface area contributed by atoms with Gasteiger partial charge >= 0.3 is 12.3 Å². The molecule has 2 aliphatic heterocycles. The summed E-state index contributed by atoms with van der Waals surface area (Å²) in [6.07, 6.45) is -2.75. The van der Waals surface area contributed by atoms with Gasteiger partial charge in [0.05, 0.1) is 4.90 Å². The van der Waals surface area contributed by atoms with Crippen molar-refractivity contribution in [1.29, 1.82) is 0 Å². The van der Waals surface area contributed by atoms with E-state index in [0.29, 0.717) is 11.2 Å². The number of hydrogen-bond acceptors (Lipinski definition) is 8. The van der Waals surface area contributed by atoms with Crippen LogP contribution >= 0.6 is 23.2 Å². The molecule has 1 aromatic heterocycles. The first-order valence-corrected chi connectivity index (χ1v) is 15.4. The highest BCUT2D eigenvalue weighted by atomic mass is 35.5. The third-order valence-electron chi connectivity index (χ3n) is 7.07. The molecule has 3 heterocycles. The predicted molar refractivity (Wildman–Crippen MR) is 152 cm³/mol. The van der Waals surface area contributed by atoms with Crippen LogP contribution in [0, 0.1) is 5.21 Å². The van der Waals surface area contributed by atoms with Crippen LogP contribution in [0.1, 0.15) is 40.4 Å². The smallest absolute Gasteiger partial charge is 0.586 e. The first kappa shape index (κ1) is 31.7. The van der Waals surface area contributed by atoms with Crippen LogP contribution in [0.5, 0.6) is 11.5 Å². The van der Waals surface area contributed by atoms with Crippen molar-refractivity contribution in [1.82, 2.24) is 9.21 Å². The van der Waals surface area contributed by atoms with E-state index in [1.54, 1.807) is 0 Å². The van der Waals surface area contributed by atoms with E-state index >= 15 is 0 Å². The van der Waals surface area contributed by atoms with Crippen molar-refractivity contribution in [3.05, 3.63) is 86.8 Å². The minimum absolute atomic E-state index is 0.0115. The molecule has 0 spiro atoms. The van der Waals surface area contributed by atoms with E-state index in [2.05, 4.69) is 9.47 Å². The molecule has 16 heteroatoms. The highest BCUT2D eigenvalue weighted by Crippen LogP contribution is 2.43. The number of rotatable bonds is 8. The Bertz CT molecular complexity index is 1720. The molecule has 11 nitrogen and oxygen atoms in total. The fourth-order valence-corrected chi connectivity index (χ4v) is 7.26. The van der Waals surface area contributed by atoms with Crippen molar-refractivity contribution >= 4 is 45.1 Å². The second-order valence-electron chi connectivity index (χ2n) is 10.3. The Labute approximate surface area is 261 Å². The standard InChI is InChI=1S/C28H25Cl2F2N3O8S/c1-33(2)26(36)17-5-3-6-18(11-17)44(39,40)35-10-4-7-22(35)27(37)41-24(13-19-20(29)14-34(38)15-21(19)30)16-8-9-23-25(12-16)43-28(31,32)42-23/h3,5-6,8-9,11-12,14-15,22,24H,4,7,10,13H2,1-2H3/t22-,24-/m0/s1. The van der Waals surface area contributed by atoms with Crippen molar-refractivity contribution in [3.63, 3.8) is 0 Å². The van der Waals surface area contributed by atoms with Crippen molar-refractivity contribution < 1.29 is 45.7 Å². The molecular weight excluding hydrogens is 647 g/mol. The molecule has 0 bridgehead atoms. The van der Waals surface area contributed by atoms with Crippen molar-refractivity contribution in [2.45, 2.75) is 42.6 Å². The zero-order valence-corrected chi connectivity index (χ0v) is 25.5. The lowest BCUT2D eigenvalue weighted by Gasteiger charge is -2.26. The van der Waals surface area contributed by atoms with Gasteiger partial charge in [-0.3, -0.25) is 9.59 Å². The van der Waals surface area contributed by atoms with Gasteiger partial charge in [-0.1, -0.05) is 35.3 Å². The van der Waals surface area contributed by atoms with Gasteiger partial charge in [0, 0.05) is 38.2 Å². The summed E-state index contributed by atoms with van der Waals surface area (Å²) in [5.74, 6) is -1.87. The molecule has 0 unspecified atom stereocenters. The third kappa shape index (κ3) is 6.39. The fraction of sp³-hybridized carbons (Fsp3) is 0.321. The maximum Gasteiger partial charge on any atom is 0.586 e. The summed E-state index contributed by atoms with van der Waals surface area (Å²) in [6, 6.07) is 8.03. The Morgan fingerprint density at radius 2 is 1.82 bits per heavy atom. The summed E-state index contributed by atoms with van der Waals surface area (Å²) >= 11 is 12.5. The van der Waals surface area contributed by atoms with Crippen LogP contribution < -0.4 is 14.2 Å². The normalized spacial score (nSPS) is 18.2. The molecule has 5 rings (SSSR count). The largest absolute Gasteiger partial charge is 0.619 e. The molecular formula is C28H25Cl2F2N3O8S. The molecule has 1 fully saturated rings. The first-order chi connectivity index (χ1) is 20.7. The molecule has 234 valence electrons. The van der Waals surface area contributed by atoms with Crippen LogP contribution in [0.25, 0.3) is 0 Å². The quantitative estimate of drug-likeness (QED) is 0.197. The molecule has 0 aliphatic carbocycles. The number of fused-ring (bicyclic) bond motifs is 1. The number of pyridine rings is 1. The summed E-state index contributed by atoms with van der Waals surface area (Å²) in [7, 11) is -1.18. The number of sulfonamides is 1. The van der Waals surface area contributed by atoms with E-state index in [1.165, 1.54) is 61.5 Å². The molecule has 0 N–H and O–H groups in total. The SMILES string of the molecule is CN(C)C(=O)c1cccc(S(=O)(=O)N2CCC[C@H]2C(=O)O[C@@H](Cc2c(Cl)c[n+]([O-])cc2Cl)c2ccc3c(c2)OC(F)(F)O3)c1. The van der Waals surface area contributed by atoms with Gasteiger partial charge in [0.1, 0.15) is 22.2 Å². The maximum atomic E-state index is 13.7. The Balaban J connectivity index is 1.45. The average Bonchev–Trinajstić information content (AvgIpc) is 3.57. The fourth-order valence-electron chi connectivity index (χ4n) is 4.97. The van der Waals surface area contributed by atoms with Crippen LogP contribution in [0.4, 0.5) is 8.78 Å². The van der Waals surface area contributed by atoms with Gasteiger partial charge in [-0.15, -0.1) is 8.78 Å². The summed E-state index contributed by atoms with van der Waals surface area (Å²) in [5, 5.41) is 11.7. The molecule has 2 aromatic carbocycles. The number of carbonyl (C=O) groups is 2. The lowest BCUT2D eigenvalue weighted by molar-refractivity contribution is -0.605. The number of halogens is 4. The summed E-state index contributed by atoms with van der Waals surface area (Å²) in [6.45, 7) is 0.0115. The van der Waals surface area contributed by atoms with E-state index in [0.717, 1.165) is 16.7 Å². The highest BCUT2D eigenvalue weighted by molar-refractivity contribution is 7.89. The first-order valence-electron chi connectivity index (χ1n) is 13.2. The number of carbonyl (C=O) groups excluding carboxylic acids is 2. The van der Waals surface area contributed by atoms with Gasteiger partial charge in [0.25, 0.3) is 5.91 Å². The van der Waals surface area contributed by atoms with Gasteiger partial charge in [-0.25, -0.2) is 8.42 Å². The Morgan fingerprint density at radius 3 is 2.50 bits per heavy atom. The van der Waals surface area contributed by atoms with Crippen molar-refractivity contribution in [3.8, 4) is 11.5 Å². The van der Waals surface area contributed by atoms with Gasteiger partial charge in [0.2, 0.25) is 10.0 Å². The molecule has 1 amide bonds. The van der Waals surface area contributed by atoms with E-state index in [9.17, 15) is 32.0 Å². The second-order valence-corrected chi connectivity index (χ2v) is 13.0. The van der Waals surface area contributed by atoms with Gasteiger partial charge in [0.15, 0.2) is 23.9 Å². The number of esters is 1. The summed E-state index contributed by atoms with van der Waals surface area (Å²) in [5.41, 5.74) is 0.560. The number of alkyl halides is 2. The minimum Gasteiger partial charge on any atom is -0.619 e. The maximum absolute atomic E-state index is 13.7. The van der Waals surface area contributed by atoms with Crippen LogP contribution in [-0.2, 0) is 26.0 Å². The van der Waals surface area contributed by atoms with E-state index < -0.39 is 40.3 Å². The highest BCUT2D eigenvalue weighted by Gasteiger charge is 2.44. The molecule has 0 saturated carbocycles. The molecule has 3 aromatic rings. The average molecular weight is 672 g/mol. The van der Waals surface area contributed by atoms with E-state index in [1.807, 2.05) is 0 Å². The number of hydrogen-bond donors (Lipinski definition) is 0. The van der Waals surface area contributed by atoms with Crippen LogP contribution in [-0.4, -0.2) is 62.5 Å². The monoisotopic (exact) mass is 671 g/mol. The molecule has 1 saturated heterocycles. The van der Waals surface area contributed by atoms with E-state index in [-0.39, 0.29) is 62.5 Å². The van der Waals surface area contributed by atoms with Crippen LogP contribution in [0.15, 0.2) is 59.8 Å². The number of benzene rings is 2. The lowest BCUT2D eigenvalue weighted by Crippen LogP contribution is -2.42. The number of ether oxygens (including phenoxy) is 3. The van der Waals surface area contributed by atoms with Gasteiger partial charge in [-0.05, 0) is 48.7 Å². The second kappa shape index (κ2) is 12.0. The molecule has 44 heavy (non-hydrogen) atoms. The number of aromatic nitrogens is 1. The lowest BCUT2D eigenvalue weighted by atomic mass is 10.0. The number of amides is 1. The molecule has 2 atom stereocenters. The van der Waals surface area contributed by atoms with Crippen molar-refractivity contribution in [2.75, 3.05) is 20.6 Å². The Hall–Kier alpha value is -3.72.